The topological polar surface area (TPSA) is 81.4 Å². The SMILES string of the molecule is COc1ccccc1C(=O)N1CCC(c2nnc(-c3nccc4ccccc34)o2)CC1. The predicted octanol–water partition coefficient (Wildman–Crippen LogP) is 4.31. The van der Waals surface area contributed by atoms with E-state index >= 15 is 0 Å². The molecule has 0 spiro atoms. The van der Waals surface area contributed by atoms with Gasteiger partial charge in [0.05, 0.1) is 12.7 Å². The number of ether oxygens (including phenoxy) is 1. The van der Waals surface area contributed by atoms with Crippen LogP contribution < -0.4 is 4.74 Å². The Morgan fingerprint density at radius 2 is 1.81 bits per heavy atom. The van der Waals surface area contributed by atoms with Gasteiger partial charge in [0.15, 0.2) is 0 Å². The van der Waals surface area contributed by atoms with Gasteiger partial charge < -0.3 is 14.1 Å². The minimum absolute atomic E-state index is 0.0120. The molecule has 1 aliphatic rings. The number of carbonyl (C=O) groups is 1. The average molecular weight is 414 g/mol. The molecule has 0 atom stereocenters. The van der Waals surface area contributed by atoms with Crippen molar-refractivity contribution >= 4 is 16.7 Å². The highest BCUT2D eigenvalue weighted by atomic mass is 16.5. The first kappa shape index (κ1) is 19.2. The van der Waals surface area contributed by atoms with Crippen molar-refractivity contribution in [3.05, 3.63) is 72.2 Å². The molecule has 0 unspecified atom stereocenters. The molecule has 7 heteroatoms. The maximum Gasteiger partial charge on any atom is 0.266 e. The molecule has 1 fully saturated rings. The highest BCUT2D eigenvalue weighted by Crippen LogP contribution is 2.32. The Labute approximate surface area is 179 Å². The second kappa shape index (κ2) is 8.18. The van der Waals surface area contributed by atoms with Crippen molar-refractivity contribution in [2.45, 2.75) is 18.8 Å². The highest BCUT2D eigenvalue weighted by molar-refractivity contribution is 5.97. The molecular weight excluding hydrogens is 392 g/mol. The van der Waals surface area contributed by atoms with Crippen molar-refractivity contribution in [3.8, 4) is 17.3 Å². The lowest BCUT2D eigenvalue weighted by molar-refractivity contribution is 0.0703. The quantitative estimate of drug-likeness (QED) is 0.495. The summed E-state index contributed by atoms with van der Waals surface area (Å²) in [5.74, 6) is 1.74. The number of aromatic nitrogens is 3. The summed E-state index contributed by atoms with van der Waals surface area (Å²) >= 11 is 0. The van der Waals surface area contributed by atoms with Gasteiger partial charge in [-0.2, -0.15) is 0 Å². The maximum atomic E-state index is 12.9. The zero-order valence-corrected chi connectivity index (χ0v) is 17.2. The van der Waals surface area contributed by atoms with Crippen molar-refractivity contribution in [1.82, 2.24) is 20.1 Å². The van der Waals surface area contributed by atoms with Crippen LogP contribution >= 0.6 is 0 Å². The lowest BCUT2D eigenvalue weighted by Gasteiger charge is -2.30. The van der Waals surface area contributed by atoms with E-state index in [0.29, 0.717) is 41.9 Å². The lowest BCUT2D eigenvalue weighted by atomic mass is 9.96. The van der Waals surface area contributed by atoms with Gasteiger partial charge in [-0.1, -0.05) is 36.4 Å². The molecular formula is C24H22N4O3. The monoisotopic (exact) mass is 414 g/mol. The first-order valence-electron chi connectivity index (χ1n) is 10.3. The number of hydrogen-bond donors (Lipinski definition) is 0. The van der Waals surface area contributed by atoms with E-state index in [1.54, 1.807) is 25.4 Å². The van der Waals surface area contributed by atoms with Gasteiger partial charge in [-0.3, -0.25) is 9.78 Å². The summed E-state index contributed by atoms with van der Waals surface area (Å²) in [4.78, 5) is 19.2. The maximum absolute atomic E-state index is 12.9. The number of carbonyl (C=O) groups excluding carboxylic acids is 1. The lowest BCUT2D eigenvalue weighted by Crippen LogP contribution is -2.38. The van der Waals surface area contributed by atoms with E-state index in [9.17, 15) is 4.79 Å². The molecule has 7 nitrogen and oxygen atoms in total. The van der Waals surface area contributed by atoms with Crippen LogP contribution in [0.3, 0.4) is 0 Å². The van der Waals surface area contributed by atoms with Gasteiger partial charge in [0, 0.05) is 30.6 Å². The molecule has 156 valence electrons. The Hall–Kier alpha value is -3.74. The van der Waals surface area contributed by atoms with Gasteiger partial charge in [-0.15, -0.1) is 10.2 Å². The average Bonchev–Trinajstić information content (AvgIpc) is 3.33. The second-order valence-electron chi connectivity index (χ2n) is 7.59. The zero-order valence-electron chi connectivity index (χ0n) is 17.2. The summed E-state index contributed by atoms with van der Waals surface area (Å²) in [7, 11) is 1.58. The largest absolute Gasteiger partial charge is 0.496 e. The van der Waals surface area contributed by atoms with Gasteiger partial charge in [0.1, 0.15) is 11.4 Å². The summed E-state index contributed by atoms with van der Waals surface area (Å²) in [6.07, 6.45) is 3.29. The van der Waals surface area contributed by atoms with Crippen LogP contribution in [0.5, 0.6) is 5.75 Å². The fourth-order valence-electron chi connectivity index (χ4n) is 4.11. The molecule has 0 aliphatic carbocycles. The summed E-state index contributed by atoms with van der Waals surface area (Å²) in [6, 6.07) is 17.3. The van der Waals surface area contributed by atoms with E-state index in [-0.39, 0.29) is 11.8 Å². The zero-order chi connectivity index (χ0) is 21.2. The third kappa shape index (κ3) is 3.63. The number of rotatable bonds is 4. The number of para-hydroxylation sites is 1. The number of hydrogen-bond acceptors (Lipinski definition) is 6. The van der Waals surface area contributed by atoms with Gasteiger partial charge >= 0.3 is 0 Å². The van der Waals surface area contributed by atoms with E-state index in [1.165, 1.54) is 0 Å². The molecule has 0 N–H and O–H groups in total. The number of methoxy groups -OCH3 is 1. The summed E-state index contributed by atoms with van der Waals surface area (Å²) in [5.41, 5.74) is 1.28. The Balaban J connectivity index is 1.31. The molecule has 1 amide bonds. The molecule has 5 rings (SSSR count). The van der Waals surface area contributed by atoms with E-state index < -0.39 is 0 Å². The Kier molecular flexibility index (Phi) is 5.08. The van der Waals surface area contributed by atoms with Crippen molar-refractivity contribution in [3.63, 3.8) is 0 Å². The molecule has 0 radical (unpaired) electrons. The number of pyridine rings is 1. The predicted molar refractivity (Wildman–Crippen MR) is 116 cm³/mol. The third-order valence-corrected chi connectivity index (χ3v) is 5.79. The van der Waals surface area contributed by atoms with Crippen molar-refractivity contribution in [2.24, 2.45) is 0 Å². The first-order valence-corrected chi connectivity index (χ1v) is 10.3. The van der Waals surface area contributed by atoms with Crippen LogP contribution in [0, 0.1) is 0 Å². The summed E-state index contributed by atoms with van der Waals surface area (Å²) in [5, 5.41) is 10.6. The van der Waals surface area contributed by atoms with E-state index in [4.69, 9.17) is 9.15 Å². The first-order chi connectivity index (χ1) is 15.2. The third-order valence-electron chi connectivity index (χ3n) is 5.79. The smallest absolute Gasteiger partial charge is 0.266 e. The normalized spacial score (nSPS) is 14.7. The van der Waals surface area contributed by atoms with Crippen molar-refractivity contribution in [1.29, 1.82) is 0 Å². The standard InChI is InChI=1S/C24H22N4O3/c1-30-20-9-5-4-8-19(20)24(29)28-14-11-17(12-15-28)22-26-27-23(31-22)21-18-7-3-2-6-16(18)10-13-25-21/h2-10,13,17H,11-12,14-15H2,1H3. The number of likely N-dealkylation sites (tertiary alicyclic amines) is 1. The van der Waals surface area contributed by atoms with Gasteiger partial charge in [-0.25, -0.2) is 0 Å². The Morgan fingerprint density at radius 3 is 2.65 bits per heavy atom. The molecule has 31 heavy (non-hydrogen) atoms. The van der Waals surface area contributed by atoms with E-state index in [0.717, 1.165) is 23.6 Å². The number of nitrogens with zero attached hydrogens (tertiary/aromatic N) is 4. The minimum Gasteiger partial charge on any atom is -0.496 e. The van der Waals surface area contributed by atoms with E-state index in [1.807, 2.05) is 47.4 Å². The van der Waals surface area contributed by atoms with E-state index in [2.05, 4.69) is 15.2 Å². The molecule has 0 bridgehead atoms. The minimum atomic E-state index is -0.0120. The molecule has 0 saturated carbocycles. The van der Waals surface area contributed by atoms with Crippen LogP contribution in [-0.4, -0.2) is 46.2 Å². The van der Waals surface area contributed by atoms with Crippen LogP contribution in [0.2, 0.25) is 0 Å². The molecule has 3 heterocycles. The van der Waals surface area contributed by atoms with Crippen LogP contribution in [0.1, 0.15) is 35.0 Å². The molecule has 2 aromatic carbocycles. The number of fused-ring (bicyclic) bond motifs is 1. The number of piperidine rings is 1. The highest BCUT2D eigenvalue weighted by Gasteiger charge is 2.29. The van der Waals surface area contributed by atoms with Crippen LogP contribution in [0.4, 0.5) is 0 Å². The van der Waals surface area contributed by atoms with Gasteiger partial charge in [-0.05, 0) is 36.4 Å². The van der Waals surface area contributed by atoms with Crippen LogP contribution in [0.15, 0.2) is 65.2 Å². The molecule has 4 aromatic rings. The Morgan fingerprint density at radius 1 is 1.03 bits per heavy atom. The number of amides is 1. The summed E-state index contributed by atoms with van der Waals surface area (Å²) in [6.45, 7) is 1.26. The molecule has 1 saturated heterocycles. The van der Waals surface area contributed by atoms with Gasteiger partial charge in [0.25, 0.3) is 11.8 Å². The fourth-order valence-corrected chi connectivity index (χ4v) is 4.11. The molecule has 2 aromatic heterocycles. The van der Waals surface area contributed by atoms with Crippen LogP contribution in [-0.2, 0) is 0 Å². The van der Waals surface area contributed by atoms with Crippen LogP contribution in [0.25, 0.3) is 22.4 Å². The van der Waals surface area contributed by atoms with Crippen molar-refractivity contribution < 1.29 is 13.9 Å². The summed E-state index contributed by atoms with van der Waals surface area (Å²) < 4.78 is 11.4. The van der Waals surface area contributed by atoms with Gasteiger partial charge in [0.2, 0.25) is 5.89 Å². The molecule has 1 aliphatic heterocycles. The number of benzene rings is 2. The second-order valence-corrected chi connectivity index (χ2v) is 7.59. The van der Waals surface area contributed by atoms with Crippen molar-refractivity contribution in [2.75, 3.05) is 20.2 Å². The Bertz CT molecular complexity index is 1220. The fraction of sp³-hybridized carbons (Fsp3) is 0.250.